The number of nitrogen functional groups attached to an aromatic ring is 1. The zero-order valence-electron chi connectivity index (χ0n) is 9.29. The Hall–Kier alpha value is -1.13. The highest BCUT2D eigenvalue weighted by Crippen LogP contribution is 2.34. The molecule has 88 valence electrons. The highest BCUT2D eigenvalue weighted by atomic mass is 35.5. The maximum Gasteiger partial charge on any atom is 0.139 e. The molecule has 0 aromatic heterocycles. The fourth-order valence-corrected chi connectivity index (χ4v) is 2.14. The van der Waals surface area contributed by atoms with Crippen LogP contribution in [0.15, 0.2) is 12.1 Å². The second-order valence-electron chi connectivity index (χ2n) is 3.78. The third kappa shape index (κ3) is 2.18. The number of piperazine rings is 1. The Morgan fingerprint density at radius 2 is 2.06 bits per heavy atom. The average molecular weight is 242 g/mol. The number of hydrogen-bond acceptors (Lipinski definition) is 4. The molecule has 5 heteroatoms. The van der Waals surface area contributed by atoms with Crippen molar-refractivity contribution in [3.05, 3.63) is 17.2 Å². The molecule has 1 aliphatic heterocycles. The molecule has 0 spiro atoms. The molecule has 0 unspecified atom stereocenters. The Labute approximate surface area is 100 Å². The molecule has 0 amide bonds. The molecule has 0 bridgehead atoms. The fraction of sp³-hybridized carbons (Fsp3) is 0.455. The standard InChI is InChI=1S/C11H16ClN3O/c1-16-11-7-10(9(13)6-8(11)12)15-4-2-14-3-5-15/h6-7,14H,2-5,13H2,1H3. The van der Waals surface area contributed by atoms with Gasteiger partial charge in [-0.3, -0.25) is 0 Å². The molecule has 0 aliphatic carbocycles. The lowest BCUT2D eigenvalue weighted by Crippen LogP contribution is -2.43. The Balaban J connectivity index is 2.31. The van der Waals surface area contributed by atoms with Crippen molar-refractivity contribution in [2.45, 2.75) is 0 Å². The highest BCUT2D eigenvalue weighted by Gasteiger charge is 2.15. The van der Waals surface area contributed by atoms with E-state index in [1.165, 1.54) is 0 Å². The van der Waals surface area contributed by atoms with E-state index in [1.54, 1.807) is 13.2 Å². The van der Waals surface area contributed by atoms with Gasteiger partial charge < -0.3 is 20.7 Å². The average Bonchev–Trinajstić information content (AvgIpc) is 2.30. The van der Waals surface area contributed by atoms with Gasteiger partial charge in [0.1, 0.15) is 5.75 Å². The Morgan fingerprint density at radius 1 is 1.38 bits per heavy atom. The van der Waals surface area contributed by atoms with Gasteiger partial charge in [-0.05, 0) is 6.07 Å². The van der Waals surface area contributed by atoms with Crippen molar-refractivity contribution in [2.24, 2.45) is 0 Å². The van der Waals surface area contributed by atoms with Crippen LogP contribution in [0.5, 0.6) is 5.75 Å². The summed E-state index contributed by atoms with van der Waals surface area (Å²) in [6, 6.07) is 3.65. The highest BCUT2D eigenvalue weighted by molar-refractivity contribution is 6.32. The van der Waals surface area contributed by atoms with Gasteiger partial charge in [-0.1, -0.05) is 11.6 Å². The van der Waals surface area contributed by atoms with Crippen LogP contribution < -0.4 is 20.7 Å². The van der Waals surface area contributed by atoms with Crippen LogP contribution in [-0.2, 0) is 0 Å². The summed E-state index contributed by atoms with van der Waals surface area (Å²) in [5, 5.41) is 3.86. The first kappa shape index (κ1) is 11.4. The minimum Gasteiger partial charge on any atom is -0.495 e. The number of halogens is 1. The van der Waals surface area contributed by atoms with E-state index >= 15 is 0 Å². The van der Waals surface area contributed by atoms with Crippen molar-refractivity contribution in [3.8, 4) is 5.75 Å². The Morgan fingerprint density at radius 3 is 2.69 bits per heavy atom. The molecule has 2 rings (SSSR count). The summed E-state index contributed by atoms with van der Waals surface area (Å²) >= 11 is 6.00. The maximum absolute atomic E-state index is 6.00. The topological polar surface area (TPSA) is 50.5 Å². The van der Waals surface area contributed by atoms with Crippen molar-refractivity contribution in [3.63, 3.8) is 0 Å². The van der Waals surface area contributed by atoms with Crippen LogP contribution in [0.25, 0.3) is 0 Å². The number of nitrogens with two attached hydrogens (primary N) is 1. The lowest BCUT2D eigenvalue weighted by molar-refractivity contribution is 0.415. The Kier molecular flexibility index (Phi) is 3.41. The van der Waals surface area contributed by atoms with E-state index in [1.807, 2.05) is 6.07 Å². The van der Waals surface area contributed by atoms with E-state index in [9.17, 15) is 0 Å². The summed E-state index contributed by atoms with van der Waals surface area (Å²) in [5.74, 6) is 0.671. The molecule has 4 nitrogen and oxygen atoms in total. The number of nitrogens with zero attached hydrogens (tertiary/aromatic N) is 1. The number of anilines is 2. The summed E-state index contributed by atoms with van der Waals surface area (Å²) < 4.78 is 5.20. The van der Waals surface area contributed by atoms with E-state index < -0.39 is 0 Å². The van der Waals surface area contributed by atoms with Crippen molar-refractivity contribution < 1.29 is 4.74 Å². The largest absolute Gasteiger partial charge is 0.495 e. The number of methoxy groups -OCH3 is 1. The van der Waals surface area contributed by atoms with Crippen molar-refractivity contribution in [1.82, 2.24) is 5.32 Å². The summed E-state index contributed by atoms with van der Waals surface area (Å²) in [6.45, 7) is 3.86. The van der Waals surface area contributed by atoms with Crippen LogP contribution in [0.3, 0.4) is 0 Å². The minimum absolute atomic E-state index is 0.555. The molecular formula is C11H16ClN3O. The zero-order valence-corrected chi connectivity index (χ0v) is 10.0. The van der Waals surface area contributed by atoms with Crippen LogP contribution in [0.4, 0.5) is 11.4 Å². The first-order valence-corrected chi connectivity index (χ1v) is 5.69. The molecule has 1 heterocycles. The zero-order chi connectivity index (χ0) is 11.5. The SMILES string of the molecule is COc1cc(N2CCNCC2)c(N)cc1Cl. The van der Waals surface area contributed by atoms with Gasteiger partial charge >= 0.3 is 0 Å². The predicted molar refractivity (Wildman–Crippen MR) is 67.5 cm³/mol. The van der Waals surface area contributed by atoms with Crippen LogP contribution in [-0.4, -0.2) is 33.3 Å². The van der Waals surface area contributed by atoms with Gasteiger partial charge in [0.25, 0.3) is 0 Å². The predicted octanol–water partition coefficient (Wildman–Crippen LogP) is 1.34. The minimum atomic E-state index is 0.555. The molecule has 16 heavy (non-hydrogen) atoms. The van der Waals surface area contributed by atoms with Crippen LogP contribution in [0, 0.1) is 0 Å². The Bertz CT molecular complexity index is 378. The first-order chi connectivity index (χ1) is 7.72. The first-order valence-electron chi connectivity index (χ1n) is 5.31. The van der Waals surface area contributed by atoms with Gasteiger partial charge in [0, 0.05) is 32.2 Å². The molecule has 1 aliphatic rings. The van der Waals surface area contributed by atoms with Crippen LogP contribution in [0.1, 0.15) is 0 Å². The summed E-state index contributed by atoms with van der Waals surface area (Å²) in [4.78, 5) is 2.24. The van der Waals surface area contributed by atoms with Gasteiger partial charge in [0.05, 0.1) is 23.5 Å². The molecule has 1 aromatic rings. The maximum atomic E-state index is 6.00. The van der Waals surface area contributed by atoms with Crippen LogP contribution in [0.2, 0.25) is 5.02 Å². The number of hydrogen-bond donors (Lipinski definition) is 2. The molecule has 0 atom stereocenters. The van der Waals surface area contributed by atoms with E-state index in [4.69, 9.17) is 22.1 Å². The smallest absolute Gasteiger partial charge is 0.139 e. The lowest BCUT2D eigenvalue weighted by Gasteiger charge is -2.30. The van der Waals surface area contributed by atoms with E-state index in [2.05, 4.69) is 10.2 Å². The number of benzene rings is 1. The van der Waals surface area contributed by atoms with E-state index in [0.29, 0.717) is 16.5 Å². The van der Waals surface area contributed by atoms with Crippen molar-refractivity contribution >= 4 is 23.0 Å². The quantitative estimate of drug-likeness (QED) is 0.768. The monoisotopic (exact) mass is 241 g/mol. The lowest BCUT2D eigenvalue weighted by atomic mass is 10.2. The number of ether oxygens (including phenoxy) is 1. The summed E-state index contributed by atoms with van der Waals surface area (Å²) in [7, 11) is 1.61. The van der Waals surface area contributed by atoms with Gasteiger partial charge in [0.2, 0.25) is 0 Å². The summed E-state index contributed by atoms with van der Waals surface area (Å²) in [6.07, 6.45) is 0. The molecule has 0 saturated carbocycles. The number of rotatable bonds is 2. The van der Waals surface area contributed by atoms with E-state index in [-0.39, 0.29) is 0 Å². The van der Waals surface area contributed by atoms with Gasteiger partial charge in [-0.25, -0.2) is 0 Å². The third-order valence-electron chi connectivity index (χ3n) is 2.76. The normalized spacial score (nSPS) is 16.2. The van der Waals surface area contributed by atoms with Gasteiger partial charge in [-0.15, -0.1) is 0 Å². The van der Waals surface area contributed by atoms with E-state index in [0.717, 1.165) is 31.9 Å². The second-order valence-corrected chi connectivity index (χ2v) is 4.19. The van der Waals surface area contributed by atoms with Crippen molar-refractivity contribution in [2.75, 3.05) is 43.9 Å². The molecule has 0 radical (unpaired) electrons. The summed E-state index contributed by atoms with van der Waals surface area (Å²) in [5.41, 5.74) is 7.68. The van der Waals surface area contributed by atoms with Gasteiger partial charge in [-0.2, -0.15) is 0 Å². The molecular weight excluding hydrogens is 226 g/mol. The molecule has 3 N–H and O–H groups in total. The number of nitrogens with one attached hydrogen (secondary N) is 1. The van der Waals surface area contributed by atoms with Crippen molar-refractivity contribution in [1.29, 1.82) is 0 Å². The van der Waals surface area contributed by atoms with Gasteiger partial charge in [0.15, 0.2) is 0 Å². The third-order valence-corrected chi connectivity index (χ3v) is 3.05. The molecule has 1 aromatic carbocycles. The fourth-order valence-electron chi connectivity index (χ4n) is 1.89. The molecule has 1 saturated heterocycles. The van der Waals surface area contributed by atoms with Crippen LogP contribution >= 0.6 is 11.6 Å². The molecule has 1 fully saturated rings. The second kappa shape index (κ2) is 4.80.